The number of hydrogen-bond donors (Lipinski definition) is 0. The average Bonchev–Trinajstić information content (AvgIpc) is 3.07. The lowest BCUT2D eigenvalue weighted by Gasteiger charge is -2.14. The summed E-state index contributed by atoms with van der Waals surface area (Å²) in [4.78, 5) is 27.0. The lowest BCUT2D eigenvalue weighted by Crippen LogP contribution is -2.27. The predicted molar refractivity (Wildman–Crippen MR) is 142 cm³/mol. The topological polar surface area (TPSA) is 55.8 Å². The Morgan fingerprint density at radius 2 is 1.74 bits per heavy atom. The van der Waals surface area contributed by atoms with Crippen molar-refractivity contribution in [2.45, 2.75) is 13.2 Å². The molecular weight excluding hydrogens is 636 g/mol. The van der Waals surface area contributed by atoms with Crippen molar-refractivity contribution in [3.8, 4) is 11.5 Å². The Bertz CT molecular complexity index is 1270. The normalized spacial score (nSPS) is 14.7. The van der Waals surface area contributed by atoms with Gasteiger partial charge in [0.25, 0.3) is 11.1 Å². The monoisotopic (exact) mass is 653 g/mol. The molecule has 0 radical (unpaired) electrons. The second-order valence-corrected chi connectivity index (χ2v) is 10.4. The maximum atomic E-state index is 13.1. The molecule has 1 aliphatic heterocycles. The van der Waals surface area contributed by atoms with E-state index in [1.165, 1.54) is 24.1 Å². The van der Waals surface area contributed by atoms with Crippen molar-refractivity contribution in [3.63, 3.8) is 0 Å². The van der Waals surface area contributed by atoms with Crippen molar-refractivity contribution in [1.29, 1.82) is 0 Å². The molecule has 0 aromatic heterocycles. The first-order valence-corrected chi connectivity index (χ1v) is 12.8. The summed E-state index contributed by atoms with van der Waals surface area (Å²) in [6.07, 6.45) is 1.66. The van der Waals surface area contributed by atoms with E-state index in [1.807, 2.05) is 24.3 Å². The highest BCUT2D eigenvalue weighted by atomic mass is 127. The zero-order chi connectivity index (χ0) is 24.2. The Hall–Kier alpha value is -2.37. The number of hydrogen-bond acceptors (Lipinski definition) is 5. The molecule has 5 nitrogen and oxygen atoms in total. The molecule has 0 aliphatic carbocycles. The Labute approximate surface area is 222 Å². The van der Waals surface area contributed by atoms with Gasteiger partial charge < -0.3 is 9.47 Å². The maximum Gasteiger partial charge on any atom is 0.293 e. The Morgan fingerprint density at radius 1 is 1.06 bits per heavy atom. The zero-order valence-corrected chi connectivity index (χ0v) is 22.4. The molecule has 9 heteroatoms. The lowest BCUT2D eigenvalue weighted by molar-refractivity contribution is -0.123. The fourth-order valence-electron chi connectivity index (χ4n) is 3.26. The third kappa shape index (κ3) is 5.81. The van der Waals surface area contributed by atoms with Crippen LogP contribution < -0.4 is 9.47 Å². The van der Waals surface area contributed by atoms with Crippen molar-refractivity contribution in [2.24, 2.45) is 0 Å². The number of amides is 2. The lowest BCUT2D eigenvalue weighted by atomic mass is 10.1. The Morgan fingerprint density at radius 3 is 2.41 bits per heavy atom. The molecule has 0 saturated carbocycles. The van der Waals surface area contributed by atoms with Crippen LogP contribution in [0.15, 0.2) is 70.0 Å². The third-order valence-electron chi connectivity index (χ3n) is 4.97. The van der Waals surface area contributed by atoms with Crippen molar-refractivity contribution >= 4 is 67.5 Å². The van der Waals surface area contributed by atoms with Crippen molar-refractivity contribution in [2.75, 3.05) is 7.11 Å². The van der Waals surface area contributed by atoms with Crippen molar-refractivity contribution < 1.29 is 23.5 Å². The van der Waals surface area contributed by atoms with E-state index in [1.54, 1.807) is 30.3 Å². The smallest absolute Gasteiger partial charge is 0.293 e. The molecule has 0 atom stereocenters. The van der Waals surface area contributed by atoms with Crippen LogP contribution in [0.3, 0.4) is 0 Å². The second kappa shape index (κ2) is 10.9. The summed E-state index contributed by atoms with van der Waals surface area (Å²) in [6.45, 7) is 0.452. The fourth-order valence-corrected chi connectivity index (χ4v) is 5.03. The van der Waals surface area contributed by atoms with Crippen LogP contribution >= 0.6 is 50.3 Å². The molecule has 34 heavy (non-hydrogen) atoms. The molecule has 174 valence electrons. The van der Waals surface area contributed by atoms with Crippen LogP contribution in [0.4, 0.5) is 9.18 Å². The molecular formula is C25H18BrFINO4S. The summed E-state index contributed by atoms with van der Waals surface area (Å²) < 4.78 is 26.2. The number of imide groups is 1. The van der Waals surface area contributed by atoms with E-state index >= 15 is 0 Å². The van der Waals surface area contributed by atoms with Gasteiger partial charge in [-0.05, 0) is 109 Å². The van der Waals surface area contributed by atoms with E-state index in [9.17, 15) is 14.0 Å². The van der Waals surface area contributed by atoms with Gasteiger partial charge in [0.2, 0.25) is 0 Å². The predicted octanol–water partition coefficient (Wildman–Crippen LogP) is 7.02. The van der Waals surface area contributed by atoms with Crippen LogP contribution in [0, 0.1) is 9.39 Å². The molecule has 0 unspecified atom stereocenters. The first-order chi connectivity index (χ1) is 16.3. The number of nitrogens with zero attached hydrogens (tertiary/aromatic N) is 1. The number of carbonyl (C=O) groups is 2. The van der Waals surface area contributed by atoms with Gasteiger partial charge in [0.1, 0.15) is 12.4 Å². The summed E-state index contributed by atoms with van der Waals surface area (Å²) in [7, 11) is 1.52. The van der Waals surface area contributed by atoms with Crippen LogP contribution in [-0.2, 0) is 17.9 Å². The average molecular weight is 654 g/mol. The first-order valence-electron chi connectivity index (χ1n) is 10.1. The van der Waals surface area contributed by atoms with Crippen LogP contribution in [0.2, 0.25) is 0 Å². The molecule has 1 fully saturated rings. The summed E-state index contributed by atoms with van der Waals surface area (Å²) in [5, 5.41) is -0.305. The minimum absolute atomic E-state index is 0.224. The van der Waals surface area contributed by atoms with Crippen molar-refractivity contribution in [1.82, 2.24) is 4.90 Å². The number of carbonyl (C=O) groups excluding carboxylic acids is 2. The van der Waals surface area contributed by atoms with Crippen LogP contribution in [0.1, 0.15) is 16.7 Å². The minimum Gasteiger partial charge on any atom is -0.493 e. The largest absolute Gasteiger partial charge is 0.493 e. The zero-order valence-electron chi connectivity index (χ0n) is 17.9. The number of ether oxygens (including phenoxy) is 2. The Kier molecular flexibility index (Phi) is 7.95. The van der Waals surface area contributed by atoms with E-state index < -0.39 is 0 Å². The molecule has 0 spiro atoms. The van der Waals surface area contributed by atoms with E-state index in [0.29, 0.717) is 26.4 Å². The molecule has 0 N–H and O–H groups in total. The summed E-state index contributed by atoms with van der Waals surface area (Å²) in [5.41, 5.74) is 2.37. The summed E-state index contributed by atoms with van der Waals surface area (Å²) in [5.74, 6) is 0.298. The van der Waals surface area contributed by atoms with Crippen LogP contribution in [0.25, 0.3) is 6.08 Å². The highest BCUT2D eigenvalue weighted by molar-refractivity contribution is 14.1. The van der Waals surface area contributed by atoms with Crippen molar-refractivity contribution in [3.05, 3.63) is 96.1 Å². The maximum absolute atomic E-state index is 13.1. The first kappa shape index (κ1) is 24.7. The Balaban J connectivity index is 1.52. The van der Waals surface area contributed by atoms with Gasteiger partial charge in [-0.25, -0.2) is 4.39 Å². The van der Waals surface area contributed by atoms with Gasteiger partial charge in [0, 0.05) is 3.57 Å². The number of methoxy groups -OCH3 is 1. The van der Waals surface area contributed by atoms with Gasteiger partial charge in [-0.15, -0.1) is 0 Å². The number of rotatable bonds is 7. The van der Waals surface area contributed by atoms with Gasteiger partial charge in [0.15, 0.2) is 11.5 Å². The third-order valence-corrected chi connectivity index (χ3v) is 7.19. The number of thioether (sulfide) groups is 1. The van der Waals surface area contributed by atoms with E-state index in [0.717, 1.165) is 26.5 Å². The SMILES string of the molecule is COc1cc(/C=C2/SC(=O)N(Cc3ccc(I)cc3)C2=O)cc(Br)c1OCc1ccc(F)cc1. The molecule has 3 aromatic carbocycles. The summed E-state index contributed by atoms with van der Waals surface area (Å²) in [6, 6.07) is 17.3. The van der Waals surface area contributed by atoms with Crippen LogP contribution in [-0.4, -0.2) is 23.2 Å². The molecule has 1 heterocycles. The standard InChI is InChI=1S/C25H18BrFINO4S/c1-32-21-11-17(10-20(26)23(21)33-14-16-2-6-18(27)7-3-16)12-22-24(30)29(25(31)34-22)13-15-4-8-19(28)9-5-15/h2-12H,13-14H2,1H3/b22-12+. The second-order valence-electron chi connectivity index (χ2n) is 7.34. The molecule has 0 bridgehead atoms. The highest BCUT2D eigenvalue weighted by Gasteiger charge is 2.35. The molecule has 4 rings (SSSR count). The molecule has 2 amide bonds. The van der Waals surface area contributed by atoms with Gasteiger partial charge >= 0.3 is 0 Å². The summed E-state index contributed by atoms with van der Waals surface area (Å²) >= 11 is 6.62. The van der Waals surface area contributed by atoms with E-state index in [4.69, 9.17) is 9.47 Å². The fraction of sp³-hybridized carbons (Fsp3) is 0.120. The van der Waals surface area contributed by atoms with E-state index in [-0.39, 0.29) is 30.1 Å². The van der Waals surface area contributed by atoms with E-state index in [2.05, 4.69) is 38.5 Å². The van der Waals surface area contributed by atoms with Gasteiger partial charge in [-0.2, -0.15) is 0 Å². The number of halogens is 3. The molecule has 1 saturated heterocycles. The van der Waals surface area contributed by atoms with Gasteiger partial charge in [-0.3, -0.25) is 14.5 Å². The minimum atomic E-state index is -0.333. The van der Waals surface area contributed by atoms with Gasteiger partial charge in [0.05, 0.1) is 23.0 Å². The number of benzene rings is 3. The quantitative estimate of drug-likeness (QED) is 0.203. The molecule has 1 aliphatic rings. The van der Waals surface area contributed by atoms with Gasteiger partial charge in [-0.1, -0.05) is 24.3 Å². The molecule has 3 aromatic rings. The van der Waals surface area contributed by atoms with Crippen LogP contribution in [0.5, 0.6) is 11.5 Å². The highest BCUT2D eigenvalue weighted by Crippen LogP contribution is 2.39.